The van der Waals surface area contributed by atoms with Gasteiger partial charge in [-0.2, -0.15) is 36.9 Å². The molecule has 8 nitrogen and oxygen atoms in total. The van der Waals surface area contributed by atoms with Crippen molar-refractivity contribution in [3.63, 3.8) is 0 Å². The zero-order valence-electron chi connectivity index (χ0n) is 27.1. The molecule has 0 saturated carbocycles. The number of carbonyl (C=O) groups excluding carboxylic acids is 2. The van der Waals surface area contributed by atoms with E-state index in [4.69, 9.17) is 10.5 Å². The zero-order valence-corrected chi connectivity index (χ0v) is 27.1. The van der Waals surface area contributed by atoms with Gasteiger partial charge in [-0.1, -0.05) is 0 Å². The van der Waals surface area contributed by atoms with Gasteiger partial charge in [0, 0.05) is 46.0 Å². The number of ketones is 2. The number of fused-ring (bicyclic) bond motifs is 2. The Hall–Kier alpha value is -5.18. The van der Waals surface area contributed by atoms with Gasteiger partial charge in [0.25, 0.3) is 0 Å². The minimum atomic E-state index is -4.64. The number of Topliss-reactive ketones (excluding diaryl/α,β-unsaturated/α-hetero) is 2. The van der Waals surface area contributed by atoms with Crippen molar-refractivity contribution in [1.82, 2.24) is 14.0 Å². The number of alkyl halides is 6. The molecule has 2 fully saturated rings. The Morgan fingerprint density at radius 2 is 1.22 bits per heavy atom. The van der Waals surface area contributed by atoms with E-state index in [-0.39, 0.29) is 58.3 Å². The van der Waals surface area contributed by atoms with Gasteiger partial charge in [-0.3, -0.25) is 14.5 Å². The molecule has 2 aliphatic rings. The van der Waals surface area contributed by atoms with Crippen molar-refractivity contribution in [1.29, 1.82) is 10.5 Å². The number of nitrogens with zero attached hydrogens (tertiary/aromatic N) is 5. The Kier molecular flexibility index (Phi) is 9.83. The third-order valence-corrected chi connectivity index (χ3v) is 9.24. The molecule has 2 aromatic carbocycles. The molecule has 260 valence electrons. The molecule has 0 amide bonds. The number of benzene rings is 2. The van der Waals surface area contributed by atoms with Gasteiger partial charge >= 0.3 is 12.4 Å². The molecule has 2 bridgehead atoms. The first-order valence-electron chi connectivity index (χ1n) is 15.5. The van der Waals surface area contributed by atoms with Crippen LogP contribution in [0.15, 0.2) is 60.7 Å². The maximum atomic E-state index is 13.7. The lowest BCUT2D eigenvalue weighted by atomic mass is 9.98. The highest BCUT2D eigenvalue weighted by atomic mass is 19.4. The van der Waals surface area contributed by atoms with Gasteiger partial charge in [0.1, 0.15) is 11.4 Å². The molecule has 2 unspecified atom stereocenters. The van der Waals surface area contributed by atoms with Gasteiger partial charge in [0.05, 0.1) is 35.9 Å². The number of hydrogen-bond acceptors (Lipinski definition) is 6. The van der Waals surface area contributed by atoms with Crippen LogP contribution in [0.3, 0.4) is 0 Å². The van der Waals surface area contributed by atoms with Crippen molar-refractivity contribution < 1.29 is 41.0 Å². The van der Waals surface area contributed by atoms with Gasteiger partial charge in [0.15, 0.2) is 11.6 Å². The summed E-state index contributed by atoms with van der Waals surface area (Å²) in [6.45, 7) is 4.19. The molecule has 2 saturated heterocycles. The molecule has 1 N–H and O–H groups in total. The predicted octanol–water partition coefficient (Wildman–Crippen LogP) is 7.34. The van der Waals surface area contributed by atoms with Crippen molar-refractivity contribution in [3.8, 4) is 23.5 Å². The fourth-order valence-corrected chi connectivity index (χ4v) is 6.87. The first-order chi connectivity index (χ1) is 23.5. The summed E-state index contributed by atoms with van der Waals surface area (Å²) in [5.41, 5.74) is -0.151. The van der Waals surface area contributed by atoms with Gasteiger partial charge in [0.2, 0.25) is 0 Å². The summed E-state index contributed by atoms with van der Waals surface area (Å²) in [5, 5.41) is 27.7. The highest BCUT2D eigenvalue weighted by Crippen LogP contribution is 2.39. The fraction of sp³-hybridized carbons (Fsp3) is 0.333. The summed E-state index contributed by atoms with van der Waals surface area (Å²) in [4.78, 5) is 26.3. The average Bonchev–Trinajstić information content (AvgIpc) is 3.80. The van der Waals surface area contributed by atoms with E-state index in [1.807, 2.05) is 17.0 Å². The molecular weight excluding hydrogens is 664 g/mol. The fourth-order valence-electron chi connectivity index (χ4n) is 6.87. The minimum absolute atomic E-state index is 0.00190. The zero-order chi connectivity index (χ0) is 36.7. The number of hydrogen-bond donors (Lipinski definition) is 1. The van der Waals surface area contributed by atoms with E-state index in [1.54, 1.807) is 0 Å². The van der Waals surface area contributed by atoms with E-state index in [1.165, 1.54) is 69.3 Å². The summed E-state index contributed by atoms with van der Waals surface area (Å²) in [5.74, 6) is -0.809. The van der Waals surface area contributed by atoms with Crippen LogP contribution in [0.4, 0.5) is 26.3 Å². The normalized spacial score (nSPS) is 18.7. The second-order valence-electron chi connectivity index (χ2n) is 12.3. The Morgan fingerprint density at radius 3 is 1.58 bits per heavy atom. The minimum Gasteiger partial charge on any atom is -0.391 e. The van der Waals surface area contributed by atoms with E-state index in [9.17, 15) is 41.0 Å². The van der Waals surface area contributed by atoms with Crippen LogP contribution in [0.5, 0.6) is 0 Å². The molecule has 4 heterocycles. The van der Waals surface area contributed by atoms with E-state index in [0.717, 1.165) is 34.1 Å². The quantitative estimate of drug-likeness (QED) is 0.167. The second-order valence-corrected chi connectivity index (χ2v) is 12.3. The lowest BCUT2D eigenvalue weighted by Gasteiger charge is -2.21. The van der Waals surface area contributed by atoms with Gasteiger partial charge in [-0.25, -0.2) is 0 Å². The number of aliphatic hydroxyl groups excluding tert-OH is 1. The van der Waals surface area contributed by atoms with Crippen LogP contribution in [0.25, 0.3) is 11.4 Å². The number of halogens is 6. The highest BCUT2D eigenvalue weighted by molar-refractivity contribution is 5.99. The molecule has 0 spiro atoms. The average molecular weight is 696 g/mol. The first kappa shape index (κ1) is 36.1. The molecule has 50 heavy (non-hydrogen) atoms. The Labute approximate surface area is 283 Å². The highest BCUT2D eigenvalue weighted by Gasteiger charge is 2.46. The van der Waals surface area contributed by atoms with Gasteiger partial charge in [-0.05, 0) is 101 Å². The van der Waals surface area contributed by atoms with Crippen LogP contribution in [-0.2, 0) is 12.4 Å². The Balaban J connectivity index is 0.000000205. The molecule has 4 aromatic rings. The largest absolute Gasteiger partial charge is 0.431 e. The van der Waals surface area contributed by atoms with Crippen molar-refractivity contribution in [2.24, 2.45) is 0 Å². The third kappa shape index (κ3) is 6.95. The monoisotopic (exact) mass is 695 g/mol. The number of rotatable bonds is 6. The molecule has 0 radical (unpaired) electrons. The molecule has 3 atom stereocenters. The van der Waals surface area contributed by atoms with Crippen LogP contribution in [0, 0.1) is 36.5 Å². The Bertz CT molecular complexity index is 2010. The first-order valence-corrected chi connectivity index (χ1v) is 15.5. The maximum Gasteiger partial charge on any atom is 0.431 e. The number of nitriles is 2. The van der Waals surface area contributed by atoms with E-state index in [2.05, 4.69) is 0 Å². The van der Waals surface area contributed by atoms with E-state index < -0.39 is 35.6 Å². The number of carbonyl (C=O) groups is 2. The van der Waals surface area contributed by atoms with Crippen LogP contribution in [-0.4, -0.2) is 55.4 Å². The van der Waals surface area contributed by atoms with Crippen LogP contribution in [0.2, 0.25) is 0 Å². The summed E-state index contributed by atoms with van der Waals surface area (Å²) in [6.07, 6.45) is -7.38. The lowest BCUT2D eigenvalue weighted by Crippen LogP contribution is -2.36. The standard InChI is InChI=1S/C21H20F3N3O2.C15H11F3N2O/c1-12-16(19(29)11-26-15-6-7-17(26)18(28)8-15)9-20(21(22,23)24)27(12)14-4-2-13(10-25)3-5-14;1-9-13(10(2)21)7-14(15(16,17)18)20(9)12-5-3-11(8-19)4-6-12/h2-5,9,15,17-18,28H,6-8,11H2,1H3;3-7H,1-2H3/t15?,17?,18-;/m0./s1. The smallest absolute Gasteiger partial charge is 0.391 e. The topological polar surface area (TPSA) is 115 Å². The molecule has 6 rings (SSSR count). The van der Waals surface area contributed by atoms with Crippen LogP contribution < -0.4 is 0 Å². The summed E-state index contributed by atoms with van der Waals surface area (Å²) in [7, 11) is 0. The summed E-state index contributed by atoms with van der Waals surface area (Å²) < 4.78 is 82.6. The Morgan fingerprint density at radius 1 is 0.780 bits per heavy atom. The number of aromatic nitrogens is 2. The molecule has 2 aliphatic heterocycles. The third-order valence-electron chi connectivity index (χ3n) is 9.24. The molecular formula is C36H31F6N5O3. The van der Waals surface area contributed by atoms with Crippen molar-refractivity contribution in [2.75, 3.05) is 6.54 Å². The molecule has 2 aromatic heterocycles. The second kappa shape index (κ2) is 13.6. The van der Waals surface area contributed by atoms with Crippen molar-refractivity contribution in [2.45, 2.75) is 70.6 Å². The summed E-state index contributed by atoms with van der Waals surface area (Å²) in [6, 6.07) is 17.1. The van der Waals surface area contributed by atoms with Gasteiger partial charge in [-0.15, -0.1) is 0 Å². The summed E-state index contributed by atoms with van der Waals surface area (Å²) >= 11 is 0. The SMILES string of the molecule is CC(=O)c1cc(C(F)(F)F)n(-c2ccc(C#N)cc2)c1C.Cc1c(C(=O)CN2C3CCC2[C@@H](O)C3)cc(C(F)(F)F)n1-c1ccc(C#N)cc1. The molecule has 0 aliphatic carbocycles. The maximum absolute atomic E-state index is 13.7. The van der Waals surface area contributed by atoms with Gasteiger partial charge < -0.3 is 14.2 Å². The molecule has 14 heteroatoms. The number of aliphatic hydroxyl groups is 1. The van der Waals surface area contributed by atoms with Crippen molar-refractivity contribution >= 4 is 11.6 Å². The predicted molar refractivity (Wildman–Crippen MR) is 169 cm³/mol. The van der Waals surface area contributed by atoms with E-state index in [0.29, 0.717) is 17.5 Å². The van der Waals surface area contributed by atoms with Crippen LogP contribution >= 0.6 is 0 Å². The lowest BCUT2D eigenvalue weighted by molar-refractivity contribution is -0.143. The van der Waals surface area contributed by atoms with Crippen molar-refractivity contribution in [3.05, 3.63) is 106 Å². The van der Waals surface area contributed by atoms with Crippen LogP contribution in [0.1, 0.15) is 80.8 Å². The van der Waals surface area contributed by atoms with E-state index >= 15 is 0 Å².